The zero-order valence-corrected chi connectivity index (χ0v) is 25.9. The fraction of sp³-hybridized carbons (Fsp3) is 0.351. The van der Waals surface area contributed by atoms with Crippen molar-refractivity contribution in [1.82, 2.24) is 10.5 Å². The Labute approximate surface area is 259 Å². The number of hydrogen-bond acceptors (Lipinski definition) is 6. The molecule has 1 heterocycles. The number of ketones is 1. The number of ether oxygens (including phenoxy) is 1. The van der Waals surface area contributed by atoms with Gasteiger partial charge in [0, 0.05) is 28.8 Å². The Bertz CT molecular complexity index is 1600. The first-order chi connectivity index (χ1) is 21.2. The van der Waals surface area contributed by atoms with Gasteiger partial charge in [-0.2, -0.15) is 0 Å². The standard InChI is InChI=1S/C37H40N2O5/c1-37(2,3)30-20-18-27(19-21-30)34(41)32-33(26-12-16-29(17-13-26)36(42)38-23-22-31(40)43-4)39-44-35(32)28-14-10-25(11-15-28)24-8-6-5-7-9-24/h10-21,24H,5-9,22-23H2,1-4H3,(H,38,42). The van der Waals surface area contributed by atoms with Gasteiger partial charge in [0.25, 0.3) is 5.91 Å². The molecule has 1 aromatic heterocycles. The lowest BCUT2D eigenvalue weighted by Crippen LogP contribution is -2.26. The van der Waals surface area contributed by atoms with Crippen LogP contribution in [0, 0.1) is 0 Å². The van der Waals surface area contributed by atoms with Crippen LogP contribution in [0.25, 0.3) is 22.6 Å². The molecule has 0 unspecified atom stereocenters. The summed E-state index contributed by atoms with van der Waals surface area (Å²) in [6, 6.07) is 22.9. The molecule has 3 aromatic carbocycles. The van der Waals surface area contributed by atoms with Gasteiger partial charge in [0.2, 0.25) is 0 Å². The van der Waals surface area contributed by atoms with E-state index in [-0.39, 0.29) is 30.1 Å². The molecule has 5 rings (SSSR count). The van der Waals surface area contributed by atoms with Gasteiger partial charge in [0.1, 0.15) is 5.69 Å². The van der Waals surface area contributed by atoms with Gasteiger partial charge in [0.15, 0.2) is 11.5 Å². The van der Waals surface area contributed by atoms with Crippen LogP contribution in [0.1, 0.15) is 103 Å². The van der Waals surface area contributed by atoms with Crippen LogP contribution in [-0.2, 0) is 14.9 Å². The van der Waals surface area contributed by atoms with Gasteiger partial charge in [-0.25, -0.2) is 0 Å². The number of nitrogens with one attached hydrogen (secondary N) is 1. The van der Waals surface area contributed by atoms with Crippen molar-refractivity contribution in [3.63, 3.8) is 0 Å². The first-order valence-corrected chi connectivity index (χ1v) is 15.4. The van der Waals surface area contributed by atoms with Gasteiger partial charge < -0.3 is 14.6 Å². The maximum atomic E-state index is 14.1. The summed E-state index contributed by atoms with van der Waals surface area (Å²) in [5.74, 6) is 0.107. The zero-order valence-electron chi connectivity index (χ0n) is 25.9. The summed E-state index contributed by atoms with van der Waals surface area (Å²) in [7, 11) is 1.31. The van der Waals surface area contributed by atoms with Crippen molar-refractivity contribution in [1.29, 1.82) is 0 Å². The van der Waals surface area contributed by atoms with E-state index >= 15 is 0 Å². The number of methoxy groups -OCH3 is 1. The second-order valence-corrected chi connectivity index (χ2v) is 12.5. The minimum Gasteiger partial charge on any atom is -0.469 e. The monoisotopic (exact) mass is 592 g/mol. The van der Waals surface area contributed by atoms with E-state index in [1.807, 2.05) is 36.4 Å². The molecular formula is C37H40N2O5. The van der Waals surface area contributed by atoms with Crippen molar-refractivity contribution in [3.05, 3.63) is 101 Å². The van der Waals surface area contributed by atoms with E-state index in [2.05, 4.69) is 48.1 Å². The van der Waals surface area contributed by atoms with Gasteiger partial charge >= 0.3 is 5.97 Å². The lowest BCUT2D eigenvalue weighted by Gasteiger charge is -2.22. The number of aromatic nitrogens is 1. The Morgan fingerprint density at radius 3 is 2.07 bits per heavy atom. The minimum absolute atomic E-state index is 0.0392. The fourth-order valence-corrected chi connectivity index (χ4v) is 5.77. The highest BCUT2D eigenvalue weighted by atomic mass is 16.5. The molecule has 1 saturated carbocycles. The zero-order chi connectivity index (χ0) is 31.3. The van der Waals surface area contributed by atoms with E-state index in [1.54, 1.807) is 24.3 Å². The Hall–Kier alpha value is -4.52. The number of benzene rings is 3. The Morgan fingerprint density at radius 2 is 1.45 bits per heavy atom. The minimum atomic E-state index is -0.392. The topological polar surface area (TPSA) is 98.5 Å². The number of carbonyl (C=O) groups is 3. The van der Waals surface area contributed by atoms with Gasteiger partial charge in [-0.3, -0.25) is 14.4 Å². The molecule has 4 aromatic rings. The largest absolute Gasteiger partial charge is 0.469 e. The predicted octanol–water partition coefficient (Wildman–Crippen LogP) is 7.88. The Balaban J connectivity index is 1.47. The van der Waals surface area contributed by atoms with Crippen molar-refractivity contribution in [3.8, 4) is 22.6 Å². The molecule has 44 heavy (non-hydrogen) atoms. The van der Waals surface area contributed by atoms with Crippen molar-refractivity contribution in [2.45, 2.75) is 70.6 Å². The number of esters is 1. The number of nitrogens with zero attached hydrogens (tertiary/aromatic N) is 1. The predicted molar refractivity (Wildman–Crippen MR) is 171 cm³/mol. The normalized spacial score (nSPS) is 13.8. The van der Waals surface area contributed by atoms with Crippen molar-refractivity contribution in [2.75, 3.05) is 13.7 Å². The first-order valence-electron chi connectivity index (χ1n) is 15.4. The van der Waals surface area contributed by atoms with E-state index < -0.39 is 5.97 Å². The molecule has 1 amide bonds. The maximum absolute atomic E-state index is 14.1. The van der Waals surface area contributed by atoms with Gasteiger partial charge in [0.05, 0.1) is 19.1 Å². The lowest BCUT2D eigenvalue weighted by molar-refractivity contribution is -0.140. The van der Waals surface area contributed by atoms with Crippen molar-refractivity contribution < 1.29 is 23.6 Å². The van der Waals surface area contributed by atoms with E-state index in [0.717, 1.165) is 11.1 Å². The number of hydrogen-bond donors (Lipinski definition) is 1. The molecule has 0 aliphatic heterocycles. The third-order valence-electron chi connectivity index (χ3n) is 8.44. The Morgan fingerprint density at radius 1 is 0.841 bits per heavy atom. The smallest absolute Gasteiger partial charge is 0.307 e. The highest BCUT2D eigenvalue weighted by Crippen LogP contribution is 2.37. The number of carbonyl (C=O) groups excluding carboxylic acids is 3. The van der Waals surface area contributed by atoms with E-state index in [9.17, 15) is 14.4 Å². The highest BCUT2D eigenvalue weighted by molar-refractivity contribution is 6.15. The molecule has 0 bridgehead atoms. The molecular weight excluding hydrogens is 552 g/mol. The van der Waals surface area contributed by atoms with Crippen LogP contribution in [0.3, 0.4) is 0 Å². The third-order valence-corrected chi connectivity index (χ3v) is 8.44. The molecule has 0 saturated heterocycles. The number of amides is 1. The summed E-state index contributed by atoms with van der Waals surface area (Å²) >= 11 is 0. The van der Waals surface area contributed by atoms with Crippen LogP contribution in [0.4, 0.5) is 0 Å². The molecule has 7 heteroatoms. The highest BCUT2D eigenvalue weighted by Gasteiger charge is 2.27. The second-order valence-electron chi connectivity index (χ2n) is 12.5. The van der Waals surface area contributed by atoms with Crippen LogP contribution in [0.2, 0.25) is 0 Å². The van der Waals surface area contributed by atoms with E-state index in [0.29, 0.717) is 39.6 Å². The first kappa shape index (κ1) is 30.9. The van der Waals surface area contributed by atoms with Gasteiger partial charge in [-0.05, 0) is 47.4 Å². The SMILES string of the molecule is COC(=O)CCNC(=O)c1ccc(-c2noc(-c3ccc(C4CCCCC4)cc3)c2C(=O)c2ccc(C(C)(C)C)cc2)cc1. The van der Waals surface area contributed by atoms with Crippen molar-refractivity contribution >= 4 is 17.7 Å². The molecule has 1 aliphatic carbocycles. The molecule has 0 atom stereocenters. The summed E-state index contributed by atoms with van der Waals surface area (Å²) in [6.45, 7) is 6.59. The lowest BCUT2D eigenvalue weighted by atomic mass is 9.83. The van der Waals surface area contributed by atoms with Crippen molar-refractivity contribution in [2.24, 2.45) is 0 Å². The van der Waals surface area contributed by atoms with Gasteiger partial charge in [-0.1, -0.05) is 106 Å². The quantitative estimate of drug-likeness (QED) is 0.157. The molecule has 0 radical (unpaired) electrons. The average molecular weight is 593 g/mol. The van der Waals surface area contributed by atoms with Gasteiger partial charge in [-0.15, -0.1) is 0 Å². The summed E-state index contributed by atoms with van der Waals surface area (Å²) in [6.07, 6.45) is 6.33. The molecule has 0 spiro atoms. The number of rotatable bonds is 9. The summed E-state index contributed by atoms with van der Waals surface area (Å²) in [5, 5.41) is 7.10. The second kappa shape index (κ2) is 13.4. The Kier molecular flexibility index (Phi) is 9.43. The van der Waals surface area contributed by atoms with Crippen LogP contribution in [-0.4, -0.2) is 36.5 Å². The summed E-state index contributed by atoms with van der Waals surface area (Å²) in [5.41, 5.74) is 5.63. The third kappa shape index (κ3) is 6.99. The van der Waals surface area contributed by atoms with Crippen LogP contribution in [0.5, 0.6) is 0 Å². The van der Waals surface area contributed by atoms with E-state index in [4.69, 9.17) is 4.52 Å². The summed E-state index contributed by atoms with van der Waals surface area (Å²) < 4.78 is 10.5. The van der Waals surface area contributed by atoms with Crippen LogP contribution in [0.15, 0.2) is 77.3 Å². The molecule has 228 valence electrons. The average Bonchev–Trinajstić information content (AvgIpc) is 3.49. The maximum Gasteiger partial charge on any atom is 0.307 e. The summed E-state index contributed by atoms with van der Waals surface area (Å²) in [4.78, 5) is 38.1. The molecule has 1 N–H and O–H groups in total. The molecule has 1 fully saturated rings. The van der Waals surface area contributed by atoms with E-state index in [1.165, 1.54) is 44.8 Å². The molecule has 1 aliphatic rings. The molecule has 7 nitrogen and oxygen atoms in total. The van der Waals surface area contributed by atoms with Crippen LogP contribution >= 0.6 is 0 Å². The van der Waals surface area contributed by atoms with Crippen LogP contribution < -0.4 is 5.32 Å². The fourth-order valence-electron chi connectivity index (χ4n) is 5.77.